The van der Waals surface area contributed by atoms with Gasteiger partial charge in [-0.15, -0.1) is 24.0 Å². The van der Waals surface area contributed by atoms with E-state index in [-0.39, 0.29) is 29.8 Å². The maximum Gasteiger partial charge on any atom is 0.191 e. The molecule has 0 spiro atoms. The van der Waals surface area contributed by atoms with Crippen molar-refractivity contribution in [1.82, 2.24) is 20.4 Å². The van der Waals surface area contributed by atoms with Crippen molar-refractivity contribution in [2.45, 2.75) is 26.8 Å². The van der Waals surface area contributed by atoms with Crippen LogP contribution in [0.1, 0.15) is 23.7 Å². The van der Waals surface area contributed by atoms with Crippen LogP contribution in [0, 0.1) is 12.7 Å². The first kappa shape index (κ1) is 20.4. The lowest BCUT2D eigenvalue weighted by Crippen LogP contribution is -2.38. The van der Waals surface area contributed by atoms with Crippen molar-refractivity contribution in [3.8, 4) is 0 Å². The van der Waals surface area contributed by atoms with Gasteiger partial charge in [0.2, 0.25) is 0 Å². The van der Waals surface area contributed by atoms with Gasteiger partial charge in [0, 0.05) is 26.3 Å². The molecule has 0 amide bonds. The molecule has 0 saturated heterocycles. The molecule has 0 bridgehead atoms. The highest BCUT2D eigenvalue weighted by atomic mass is 127. The van der Waals surface area contributed by atoms with Crippen molar-refractivity contribution >= 4 is 29.9 Å². The largest absolute Gasteiger partial charge is 0.357 e. The van der Waals surface area contributed by atoms with E-state index < -0.39 is 0 Å². The van der Waals surface area contributed by atoms with Crippen LogP contribution < -0.4 is 10.6 Å². The second-order valence-corrected chi connectivity index (χ2v) is 5.39. The van der Waals surface area contributed by atoms with Crippen molar-refractivity contribution in [2.75, 3.05) is 13.1 Å². The van der Waals surface area contributed by atoms with E-state index in [1.165, 1.54) is 6.07 Å². The van der Waals surface area contributed by atoms with Gasteiger partial charge in [0.15, 0.2) is 5.96 Å². The Morgan fingerprint density at radius 1 is 1.29 bits per heavy atom. The zero-order valence-electron chi connectivity index (χ0n) is 14.3. The summed E-state index contributed by atoms with van der Waals surface area (Å²) in [5, 5.41) is 10.7. The third-order valence-electron chi connectivity index (χ3n) is 3.66. The number of aliphatic imine (C=N–C) groups is 1. The summed E-state index contributed by atoms with van der Waals surface area (Å²) in [5.74, 6) is 0.582. The molecule has 0 atom stereocenters. The summed E-state index contributed by atoms with van der Waals surface area (Å²) in [5.41, 5.74) is 3.17. The van der Waals surface area contributed by atoms with E-state index in [0.717, 1.165) is 42.3 Å². The van der Waals surface area contributed by atoms with Gasteiger partial charge in [-0.2, -0.15) is 5.10 Å². The monoisotopic (exact) mass is 445 g/mol. The van der Waals surface area contributed by atoms with Crippen molar-refractivity contribution in [3.63, 3.8) is 0 Å². The second kappa shape index (κ2) is 10.3. The number of nitrogens with one attached hydrogen (secondary N) is 2. The van der Waals surface area contributed by atoms with Gasteiger partial charge in [0.25, 0.3) is 0 Å². The van der Waals surface area contributed by atoms with E-state index in [4.69, 9.17) is 0 Å². The fraction of sp³-hybridized carbons (Fsp3) is 0.412. The van der Waals surface area contributed by atoms with Crippen molar-refractivity contribution in [3.05, 3.63) is 53.1 Å². The Bertz CT molecular complexity index is 669. The van der Waals surface area contributed by atoms with Gasteiger partial charge >= 0.3 is 0 Å². The molecule has 7 heteroatoms. The van der Waals surface area contributed by atoms with Crippen LogP contribution in [0.4, 0.5) is 4.39 Å². The number of hydrogen-bond acceptors (Lipinski definition) is 2. The topological polar surface area (TPSA) is 54.2 Å². The summed E-state index contributed by atoms with van der Waals surface area (Å²) < 4.78 is 14.9. The normalized spacial score (nSPS) is 11.1. The average molecular weight is 445 g/mol. The molecule has 0 aliphatic heterocycles. The number of guanidine groups is 1. The molecule has 0 aliphatic rings. The van der Waals surface area contributed by atoms with Gasteiger partial charge < -0.3 is 10.6 Å². The molecule has 5 nitrogen and oxygen atoms in total. The molecule has 2 rings (SSSR count). The number of aryl methyl sites for hydroxylation is 2. The first-order valence-corrected chi connectivity index (χ1v) is 7.84. The smallest absolute Gasteiger partial charge is 0.191 e. The van der Waals surface area contributed by atoms with Crippen LogP contribution in [-0.4, -0.2) is 28.8 Å². The molecule has 0 fully saturated rings. The van der Waals surface area contributed by atoms with Crippen molar-refractivity contribution in [2.24, 2.45) is 12.0 Å². The van der Waals surface area contributed by atoms with Crippen LogP contribution in [0.25, 0.3) is 0 Å². The first-order valence-electron chi connectivity index (χ1n) is 7.84. The molecule has 24 heavy (non-hydrogen) atoms. The minimum atomic E-state index is -0.190. The highest BCUT2D eigenvalue weighted by Gasteiger charge is 2.03. The number of halogens is 2. The Hall–Kier alpha value is -1.64. The Morgan fingerprint density at radius 3 is 2.71 bits per heavy atom. The minimum absolute atomic E-state index is 0. The lowest BCUT2D eigenvalue weighted by molar-refractivity contribution is 0.625. The summed E-state index contributed by atoms with van der Waals surface area (Å²) in [6.07, 6.45) is 2.59. The Kier molecular flexibility index (Phi) is 8.73. The summed E-state index contributed by atoms with van der Waals surface area (Å²) in [6, 6.07) is 6.86. The molecular formula is C17H25FIN5. The number of hydrogen-bond donors (Lipinski definition) is 2. The maximum absolute atomic E-state index is 13.1. The Morgan fingerprint density at radius 2 is 2.08 bits per heavy atom. The van der Waals surface area contributed by atoms with Crippen LogP contribution in [0.2, 0.25) is 0 Å². The third kappa shape index (κ3) is 6.10. The average Bonchev–Trinajstić information content (AvgIpc) is 2.92. The van der Waals surface area contributed by atoms with Gasteiger partial charge in [-0.3, -0.25) is 4.68 Å². The molecule has 1 aromatic heterocycles. The fourth-order valence-electron chi connectivity index (χ4n) is 2.31. The SMILES string of the molecule is CCNC(=NCc1ccnn1C)NCCc1ccc(F)cc1C.I. The highest BCUT2D eigenvalue weighted by Crippen LogP contribution is 2.10. The number of nitrogens with zero attached hydrogens (tertiary/aromatic N) is 3. The summed E-state index contributed by atoms with van der Waals surface area (Å²) in [4.78, 5) is 4.56. The molecule has 2 N–H and O–H groups in total. The number of aromatic nitrogens is 2. The summed E-state index contributed by atoms with van der Waals surface area (Å²) >= 11 is 0. The van der Waals surface area contributed by atoms with Crippen LogP contribution in [0.5, 0.6) is 0 Å². The molecule has 0 radical (unpaired) electrons. The fourth-order valence-corrected chi connectivity index (χ4v) is 2.31. The Labute approximate surface area is 159 Å². The van der Waals surface area contributed by atoms with Crippen molar-refractivity contribution in [1.29, 1.82) is 0 Å². The molecule has 132 valence electrons. The zero-order valence-corrected chi connectivity index (χ0v) is 16.7. The quantitative estimate of drug-likeness (QED) is 0.409. The van der Waals surface area contributed by atoms with Crippen LogP contribution >= 0.6 is 24.0 Å². The van der Waals surface area contributed by atoms with Crippen molar-refractivity contribution < 1.29 is 4.39 Å². The lowest BCUT2D eigenvalue weighted by atomic mass is 10.1. The second-order valence-electron chi connectivity index (χ2n) is 5.39. The number of rotatable bonds is 6. The molecule has 0 saturated carbocycles. The van der Waals surface area contributed by atoms with E-state index in [1.54, 1.807) is 12.3 Å². The zero-order chi connectivity index (χ0) is 16.7. The van der Waals surface area contributed by atoms with Crippen LogP contribution in [-0.2, 0) is 20.0 Å². The molecular weight excluding hydrogens is 420 g/mol. The molecule has 1 aromatic carbocycles. The van der Waals surface area contributed by atoms with E-state index in [1.807, 2.05) is 37.7 Å². The Balaban J connectivity index is 0.00000288. The highest BCUT2D eigenvalue weighted by molar-refractivity contribution is 14.0. The molecule has 2 aromatic rings. The summed E-state index contributed by atoms with van der Waals surface area (Å²) in [6.45, 7) is 6.07. The first-order chi connectivity index (χ1) is 11.1. The van der Waals surface area contributed by atoms with E-state index in [2.05, 4.69) is 20.7 Å². The van der Waals surface area contributed by atoms with Gasteiger partial charge in [-0.25, -0.2) is 9.38 Å². The van der Waals surface area contributed by atoms with Crippen LogP contribution in [0.3, 0.4) is 0 Å². The third-order valence-corrected chi connectivity index (χ3v) is 3.66. The minimum Gasteiger partial charge on any atom is -0.357 e. The van der Waals surface area contributed by atoms with Crippen LogP contribution in [0.15, 0.2) is 35.5 Å². The number of benzene rings is 1. The lowest BCUT2D eigenvalue weighted by Gasteiger charge is -2.12. The van der Waals surface area contributed by atoms with Gasteiger partial charge in [0.05, 0.1) is 12.2 Å². The predicted octanol–water partition coefficient (Wildman–Crippen LogP) is 2.78. The maximum atomic E-state index is 13.1. The standard InChI is InChI=1S/C17H24FN5.HI/c1-4-19-17(21-12-16-8-10-22-23(16)3)20-9-7-14-5-6-15(18)11-13(14)2;/h5-6,8,10-11H,4,7,9,12H2,1-3H3,(H2,19,20,21);1H. The van der Waals surface area contributed by atoms with E-state index in [0.29, 0.717) is 6.54 Å². The van der Waals surface area contributed by atoms with Gasteiger partial charge in [-0.1, -0.05) is 6.07 Å². The van der Waals surface area contributed by atoms with Gasteiger partial charge in [-0.05, 0) is 49.6 Å². The molecule has 0 aliphatic carbocycles. The summed E-state index contributed by atoms with van der Waals surface area (Å²) in [7, 11) is 1.91. The van der Waals surface area contributed by atoms with E-state index in [9.17, 15) is 4.39 Å². The van der Waals surface area contributed by atoms with Gasteiger partial charge in [0.1, 0.15) is 5.82 Å². The van der Waals surface area contributed by atoms with E-state index >= 15 is 0 Å². The molecule has 1 heterocycles. The predicted molar refractivity (Wildman–Crippen MR) is 106 cm³/mol. The molecule has 0 unspecified atom stereocenters.